The number of nitrogens with zero attached hydrogens (tertiary/aromatic N) is 1. The first kappa shape index (κ1) is 11.6. The molecular formula is C13H25N. The van der Waals surface area contributed by atoms with E-state index in [4.69, 9.17) is 0 Å². The van der Waals surface area contributed by atoms with E-state index in [1.54, 1.807) is 0 Å². The molecule has 14 heavy (non-hydrogen) atoms. The third kappa shape index (κ3) is 2.76. The first-order valence-electron chi connectivity index (χ1n) is 5.87. The lowest BCUT2D eigenvalue weighted by atomic mass is 9.86. The van der Waals surface area contributed by atoms with Gasteiger partial charge < -0.3 is 4.90 Å². The Labute approximate surface area is 89.2 Å². The van der Waals surface area contributed by atoms with Gasteiger partial charge in [-0.15, -0.1) is 0 Å². The molecule has 0 aromatic rings. The molecule has 1 unspecified atom stereocenters. The van der Waals surface area contributed by atoms with Crippen molar-refractivity contribution in [2.24, 2.45) is 5.41 Å². The highest BCUT2D eigenvalue weighted by molar-refractivity contribution is 5.00. The van der Waals surface area contributed by atoms with Gasteiger partial charge in [0.15, 0.2) is 0 Å². The molecule has 0 spiro atoms. The topological polar surface area (TPSA) is 3.24 Å². The summed E-state index contributed by atoms with van der Waals surface area (Å²) in [5, 5.41) is 0. The van der Waals surface area contributed by atoms with Crippen LogP contribution in [0.3, 0.4) is 0 Å². The largest absolute Gasteiger partial charge is 0.372 e. The van der Waals surface area contributed by atoms with Crippen LogP contribution in [0.1, 0.15) is 53.4 Å². The molecule has 0 aliphatic carbocycles. The zero-order valence-electron chi connectivity index (χ0n) is 10.3. The van der Waals surface area contributed by atoms with Gasteiger partial charge in [-0.25, -0.2) is 0 Å². The van der Waals surface area contributed by atoms with Gasteiger partial charge >= 0.3 is 0 Å². The van der Waals surface area contributed by atoms with E-state index < -0.39 is 0 Å². The van der Waals surface area contributed by atoms with Crippen LogP contribution >= 0.6 is 0 Å². The molecule has 1 aliphatic heterocycles. The van der Waals surface area contributed by atoms with E-state index in [-0.39, 0.29) is 0 Å². The van der Waals surface area contributed by atoms with Crippen LogP contribution < -0.4 is 0 Å². The highest BCUT2D eigenvalue weighted by Crippen LogP contribution is 2.29. The highest BCUT2D eigenvalue weighted by atomic mass is 15.2. The summed E-state index contributed by atoms with van der Waals surface area (Å²) in [6.45, 7) is 14.7. The van der Waals surface area contributed by atoms with Crippen molar-refractivity contribution in [3.8, 4) is 0 Å². The second-order valence-electron chi connectivity index (χ2n) is 5.61. The smallest absolute Gasteiger partial charge is 0.0306 e. The molecule has 1 heterocycles. The van der Waals surface area contributed by atoms with E-state index in [0.29, 0.717) is 11.5 Å². The van der Waals surface area contributed by atoms with Gasteiger partial charge in [-0.05, 0) is 31.6 Å². The van der Waals surface area contributed by atoms with Gasteiger partial charge in [0.25, 0.3) is 0 Å². The van der Waals surface area contributed by atoms with Crippen molar-refractivity contribution in [2.45, 2.75) is 59.4 Å². The number of rotatable bonds is 1. The molecule has 0 N–H and O–H groups in total. The van der Waals surface area contributed by atoms with Gasteiger partial charge in [0.2, 0.25) is 0 Å². The summed E-state index contributed by atoms with van der Waals surface area (Å²) in [5.41, 5.74) is 1.71. The van der Waals surface area contributed by atoms with Crippen LogP contribution in [0.5, 0.6) is 0 Å². The van der Waals surface area contributed by atoms with Crippen LogP contribution in [-0.2, 0) is 0 Å². The summed E-state index contributed by atoms with van der Waals surface area (Å²) < 4.78 is 0. The molecule has 1 atom stereocenters. The van der Waals surface area contributed by atoms with Crippen molar-refractivity contribution in [2.75, 3.05) is 6.54 Å². The number of likely N-dealkylation sites (tertiary alicyclic amines) is 1. The summed E-state index contributed by atoms with van der Waals surface area (Å²) in [4.78, 5) is 2.52. The SMILES string of the molecule is C=C1CCCCCN1C(C)C(C)(C)C. The Kier molecular flexibility index (Phi) is 3.63. The zero-order valence-corrected chi connectivity index (χ0v) is 10.3. The second-order valence-corrected chi connectivity index (χ2v) is 5.61. The molecule has 1 fully saturated rings. The van der Waals surface area contributed by atoms with Crippen LogP contribution in [0, 0.1) is 5.41 Å². The molecular weight excluding hydrogens is 170 g/mol. The van der Waals surface area contributed by atoms with E-state index in [1.807, 2.05) is 0 Å². The predicted molar refractivity (Wildman–Crippen MR) is 63.2 cm³/mol. The molecule has 1 aliphatic rings. The van der Waals surface area contributed by atoms with Gasteiger partial charge in [-0.1, -0.05) is 33.8 Å². The summed E-state index contributed by atoms with van der Waals surface area (Å²) in [7, 11) is 0. The fourth-order valence-corrected chi connectivity index (χ4v) is 2.02. The summed E-state index contributed by atoms with van der Waals surface area (Å²) in [5.74, 6) is 0. The number of allylic oxidation sites excluding steroid dienone is 1. The first-order valence-corrected chi connectivity index (χ1v) is 5.87. The standard InChI is InChI=1S/C13H25N/c1-11-9-7-6-8-10-14(11)12(2)13(3,4)5/h12H,1,6-10H2,2-5H3. The van der Waals surface area contributed by atoms with Crippen LogP contribution in [-0.4, -0.2) is 17.5 Å². The number of hydrogen-bond donors (Lipinski definition) is 0. The highest BCUT2D eigenvalue weighted by Gasteiger charge is 2.27. The van der Waals surface area contributed by atoms with Crippen LogP contribution in [0.25, 0.3) is 0 Å². The molecule has 82 valence electrons. The quantitative estimate of drug-likeness (QED) is 0.615. The Morgan fingerprint density at radius 1 is 1.21 bits per heavy atom. The van der Waals surface area contributed by atoms with E-state index >= 15 is 0 Å². The van der Waals surface area contributed by atoms with Gasteiger partial charge in [-0.3, -0.25) is 0 Å². The monoisotopic (exact) mass is 195 g/mol. The first-order chi connectivity index (χ1) is 6.43. The fraction of sp³-hybridized carbons (Fsp3) is 0.846. The lowest BCUT2D eigenvalue weighted by Crippen LogP contribution is -2.41. The summed E-state index contributed by atoms with van der Waals surface area (Å²) in [6, 6.07) is 0.605. The van der Waals surface area contributed by atoms with Crippen molar-refractivity contribution in [1.29, 1.82) is 0 Å². The Morgan fingerprint density at radius 2 is 1.86 bits per heavy atom. The number of hydrogen-bond acceptors (Lipinski definition) is 1. The van der Waals surface area contributed by atoms with Crippen molar-refractivity contribution in [3.63, 3.8) is 0 Å². The summed E-state index contributed by atoms with van der Waals surface area (Å²) >= 11 is 0. The zero-order chi connectivity index (χ0) is 10.8. The van der Waals surface area contributed by atoms with Gasteiger partial charge in [-0.2, -0.15) is 0 Å². The van der Waals surface area contributed by atoms with E-state index in [1.165, 1.54) is 37.9 Å². The molecule has 0 bridgehead atoms. The van der Waals surface area contributed by atoms with E-state index in [2.05, 4.69) is 39.2 Å². The predicted octanol–water partition coefficient (Wildman–Crippen LogP) is 3.81. The third-order valence-electron chi connectivity index (χ3n) is 3.49. The van der Waals surface area contributed by atoms with Crippen LogP contribution in [0.15, 0.2) is 12.3 Å². The Morgan fingerprint density at radius 3 is 2.43 bits per heavy atom. The molecule has 1 saturated heterocycles. The average molecular weight is 195 g/mol. The lowest BCUT2D eigenvalue weighted by Gasteiger charge is -2.39. The molecule has 1 heteroatoms. The molecule has 0 aromatic carbocycles. The lowest BCUT2D eigenvalue weighted by molar-refractivity contribution is 0.148. The van der Waals surface area contributed by atoms with Crippen molar-refractivity contribution < 1.29 is 0 Å². The van der Waals surface area contributed by atoms with E-state index in [0.717, 1.165) is 0 Å². The summed E-state index contributed by atoms with van der Waals surface area (Å²) in [6.07, 6.45) is 5.22. The minimum atomic E-state index is 0.354. The van der Waals surface area contributed by atoms with Gasteiger partial charge in [0.05, 0.1) is 0 Å². The molecule has 0 radical (unpaired) electrons. The molecule has 1 nitrogen and oxygen atoms in total. The van der Waals surface area contributed by atoms with Crippen molar-refractivity contribution >= 4 is 0 Å². The molecule has 0 saturated carbocycles. The maximum absolute atomic E-state index is 4.22. The normalized spacial score (nSPS) is 22.0. The fourth-order valence-electron chi connectivity index (χ4n) is 2.02. The molecule has 0 amide bonds. The van der Waals surface area contributed by atoms with Gasteiger partial charge in [0.1, 0.15) is 0 Å². The van der Waals surface area contributed by atoms with E-state index in [9.17, 15) is 0 Å². The minimum absolute atomic E-state index is 0.354. The maximum atomic E-state index is 4.22. The minimum Gasteiger partial charge on any atom is -0.372 e. The molecule has 1 rings (SSSR count). The van der Waals surface area contributed by atoms with Crippen LogP contribution in [0.4, 0.5) is 0 Å². The maximum Gasteiger partial charge on any atom is 0.0306 e. The second kappa shape index (κ2) is 4.37. The van der Waals surface area contributed by atoms with Gasteiger partial charge in [0, 0.05) is 18.3 Å². The Hall–Kier alpha value is -0.460. The Bertz CT molecular complexity index is 200. The van der Waals surface area contributed by atoms with Crippen LogP contribution in [0.2, 0.25) is 0 Å². The third-order valence-corrected chi connectivity index (χ3v) is 3.49. The van der Waals surface area contributed by atoms with Crippen molar-refractivity contribution in [1.82, 2.24) is 4.90 Å². The van der Waals surface area contributed by atoms with Crippen molar-refractivity contribution in [3.05, 3.63) is 12.3 Å². The average Bonchev–Trinajstić information content (AvgIpc) is 2.27. The molecule has 0 aromatic heterocycles. The Balaban J connectivity index is 2.68.